The van der Waals surface area contributed by atoms with E-state index in [1.54, 1.807) is 6.07 Å². The third kappa shape index (κ3) is 6.64. The van der Waals surface area contributed by atoms with E-state index in [0.717, 1.165) is 0 Å². The molecular formula is C6H5Cl2IO8. The standard InChI is InChI=1S/C6H5Cl2IO8/c10-7(11,12)16-9(17-8(13,14)15)6-4-2-1-3-5-6/h1-5H. The second-order valence-corrected chi connectivity index (χ2v) is 8.61. The monoisotopic (exact) mass is 402 g/mol. The van der Waals surface area contributed by atoms with E-state index < -0.39 is 41.1 Å². The fourth-order valence-electron chi connectivity index (χ4n) is 0.724. The van der Waals surface area contributed by atoms with Gasteiger partial charge in [0.15, 0.2) is 0 Å². The zero-order valence-corrected chi connectivity index (χ0v) is 11.5. The Balaban J connectivity index is 2.87. The topological polar surface area (TPSA) is 157 Å². The summed E-state index contributed by atoms with van der Waals surface area (Å²) in [7, 11) is -9.76. The van der Waals surface area contributed by atoms with Gasteiger partial charge in [0.2, 0.25) is 0 Å². The van der Waals surface area contributed by atoms with Crippen LogP contribution in [0.2, 0.25) is 0 Å². The molecule has 0 atom stereocenters. The van der Waals surface area contributed by atoms with Gasteiger partial charge in [0.05, 0.1) is 0 Å². The first kappa shape index (κ1) is 15.3. The molecule has 11 heteroatoms. The van der Waals surface area contributed by atoms with Crippen molar-refractivity contribution in [3.8, 4) is 0 Å². The van der Waals surface area contributed by atoms with E-state index in [1.165, 1.54) is 24.3 Å². The Bertz CT molecular complexity index is 333. The number of halogens is 3. The van der Waals surface area contributed by atoms with Crippen molar-refractivity contribution < 1.29 is 53.7 Å². The Hall–Kier alpha value is 0.210. The number of benzene rings is 1. The summed E-state index contributed by atoms with van der Waals surface area (Å²) in [5.41, 5.74) is 0. The average molecular weight is 403 g/mol. The maximum absolute atomic E-state index is 10.4. The van der Waals surface area contributed by atoms with Crippen LogP contribution in [-0.4, -0.2) is 0 Å². The van der Waals surface area contributed by atoms with Gasteiger partial charge in [-0.3, -0.25) is 0 Å². The molecule has 0 aliphatic heterocycles. The van der Waals surface area contributed by atoms with E-state index in [9.17, 15) is 28.0 Å². The van der Waals surface area contributed by atoms with Crippen LogP contribution >= 0.6 is 20.6 Å². The molecule has 0 heterocycles. The molecule has 1 aromatic rings. The first-order chi connectivity index (χ1) is 7.67. The molecule has 0 fully saturated rings. The number of hydrogen-bond donors (Lipinski definition) is 0. The van der Waals surface area contributed by atoms with Gasteiger partial charge in [0.25, 0.3) is 0 Å². The minimum atomic E-state index is -4.88. The summed E-state index contributed by atoms with van der Waals surface area (Å²) < 4.78 is 70.0. The van der Waals surface area contributed by atoms with Gasteiger partial charge in [-0.1, -0.05) is 0 Å². The van der Waals surface area contributed by atoms with Gasteiger partial charge in [-0.2, -0.15) is 0 Å². The molecule has 0 spiro atoms. The van der Waals surface area contributed by atoms with Crippen molar-refractivity contribution >= 4 is 20.6 Å². The van der Waals surface area contributed by atoms with E-state index in [1.807, 2.05) is 0 Å². The van der Waals surface area contributed by atoms with Gasteiger partial charge in [0, 0.05) is 0 Å². The predicted molar refractivity (Wildman–Crippen MR) is 41.3 cm³/mol. The first-order valence-electron chi connectivity index (χ1n) is 3.64. The maximum atomic E-state index is 10.4. The summed E-state index contributed by atoms with van der Waals surface area (Å²) in [4.78, 5) is 0. The van der Waals surface area contributed by atoms with Crippen molar-refractivity contribution in [2.45, 2.75) is 0 Å². The van der Waals surface area contributed by atoms with Crippen molar-refractivity contribution in [3.05, 3.63) is 33.9 Å². The van der Waals surface area contributed by atoms with Crippen molar-refractivity contribution in [2.75, 3.05) is 0 Å². The molecule has 0 radical (unpaired) electrons. The SMILES string of the molecule is [O-][Cl+3]([O-])([O-])OI(O[Cl+3]([O-])([O-])[O-])c1ccccc1. The first-order valence-corrected chi connectivity index (χ1v) is 8.95. The third-order valence-electron chi connectivity index (χ3n) is 1.16. The Morgan fingerprint density at radius 2 is 1.18 bits per heavy atom. The van der Waals surface area contributed by atoms with Crippen molar-refractivity contribution in [2.24, 2.45) is 0 Å². The van der Waals surface area contributed by atoms with Gasteiger partial charge in [-0.05, 0) is 0 Å². The van der Waals surface area contributed by atoms with Gasteiger partial charge in [0.1, 0.15) is 0 Å². The molecule has 1 rings (SSSR count). The summed E-state index contributed by atoms with van der Waals surface area (Å²) in [5, 5.41) is 0. The normalized spacial score (nSPS) is 13.6. The summed E-state index contributed by atoms with van der Waals surface area (Å²) in [6, 6.07) is 7.01. The van der Waals surface area contributed by atoms with Crippen LogP contribution in [0.3, 0.4) is 0 Å². The van der Waals surface area contributed by atoms with E-state index >= 15 is 0 Å². The molecule has 0 N–H and O–H groups in total. The quantitative estimate of drug-likeness (QED) is 0.443. The average Bonchev–Trinajstić information content (AvgIpc) is 2.14. The van der Waals surface area contributed by atoms with Crippen LogP contribution in [0.15, 0.2) is 30.3 Å². The predicted octanol–water partition coefficient (Wildman–Crippen LogP) is -4.98. The Morgan fingerprint density at radius 3 is 1.53 bits per heavy atom. The van der Waals surface area contributed by atoms with Crippen LogP contribution in [0.4, 0.5) is 0 Å². The molecule has 0 aliphatic carbocycles. The van der Waals surface area contributed by atoms with Crippen LogP contribution in [0.1, 0.15) is 0 Å². The van der Waals surface area contributed by atoms with Crippen LogP contribution in [0.25, 0.3) is 0 Å². The van der Waals surface area contributed by atoms with Gasteiger partial charge in [-0.15, -0.1) is 0 Å². The van der Waals surface area contributed by atoms with E-state index in [0.29, 0.717) is 0 Å². The second kappa shape index (κ2) is 5.90. The zero-order chi connectivity index (χ0) is 13.1. The molecule has 17 heavy (non-hydrogen) atoms. The van der Waals surface area contributed by atoms with Crippen LogP contribution < -0.4 is 28.0 Å². The van der Waals surface area contributed by atoms with Crippen LogP contribution in [-0.2, 0) is 5.24 Å². The van der Waals surface area contributed by atoms with E-state index in [4.69, 9.17) is 0 Å². The molecule has 1 aromatic carbocycles. The summed E-state index contributed by atoms with van der Waals surface area (Å²) in [6.45, 7) is 0. The number of rotatable bonds is 5. The van der Waals surface area contributed by atoms with Crippen molar-refractivity contribution in [3.63, 3.8) is 0 Å². The summed E-state index contributed by atoms with van der Waals surface area (Å²) in [5.74, 6) is 0. The summed E-state index contributed by atoms with van der Waals surface area (Å²) >= 11 is -3.86. The summed E-state index contributed by atoms with van der Waals surface area (Å²) in [6.07, 6.45) is 0. The van der Waals surface area contributed by atoms with Gasteiger partial charge in [-0.25, -0.2) is 0 Å². The molecule has 8 nitrogen and oxygen atoms in total. The van der Waals surface area contributed by atoms with Crippen molar-refractivity contribution in [1.29, 1.82) is 0 Å². The third-order valence-corrected chi connectivity index (χ3v) is 7.65. The van der Waals surface area contributed by atoms with Crippen LogP contribution in [0, 0.1) is 24.1 Å². The molecule has 98 valence electrons. The van der Waals surface area contributed by atoms with Gasteiger partial charge >= 0.3 is 108 Å². The van der Waals surface area contributed by atoms with E-state index in [2.05, 4.69) is 5.24 Å². The number of hydrogen-bond acceptors (Lipinski definition) is 8. The van der Waals surface area contributed by atoms with Crippen LogP contribution in [0.5, 0.6) is 0 Å². The molecular weight excluding hydrogens is 398 g/mol. The molecule has 0 saturated carbocycles. The van der Waals surface area contributed by atoms with Crippen molar-refractivity contribution in [1.82, 2.24) is 0 Å². The molecule has 0 amide bonds. The Morgan fingerprint density at radius 1 is 0.765 bits per heavy atom. The van der Waals surface area contributed by atoms with E-state index in [-0.39, 0.29) is 3.57 Å². The Labute approximate surface area is 108 Å². The Kier molecular flexibility index (Phi) is 5.30. The van der Waals surface area contributed by atoms with Gasteiger partial charge < -0.3 is 0 Å². The molecule has 0 aromatic heterocycles. The molecule has 0 bridgehead atoms. The molecule has 0 unspecified atom stereocenters. The fraction of sp³-hybridized carbons (Fsp3) is 0. The fourth-order valence-corrected chi connectivity index (χ4v) is 6.03. The molecule has 0 saturated heterocycles. The zero-order valence-electron chi connectivity index (χ0n) is 7.79. The minimum absolute atomic E-state index is 0.0375. The second-order valence-electron chi connectivity index (χ2n) is 2.39. The molecule has 0 aliphatic rings.